The van der Waals surface area contributed by atoms with Crippen LogP contribution in [0.2, 0.25) is 0 Å². The van der Waals surface area contributed by atoms with Crippen molar-refractivity contribution in [3.8, 4) is 0 Å². The summed E-state index contributed by atoms with van der Waals surface area (Å²) in [4.78, 5) is 8.60. The lowest BCUT2D eigenvalue weighted by Gasteiger charge is -2.29. The van der Waals surface area contributed by atoms with Crippen molar-refractivity contribution in [1.29, 1.82) is 0 Å². The molecule has 0 radical (unpaired) electrons. The van der Waals surface area contributed by atoms with Crippen molar-refractivity contribution >= 4 is 5.95 Å². The summed E-state index contributed by atoms with van der Waals surface area (Å²) in [5.74, 6) is 0.775. The number of aromatic nitrogens is 2. The molecule has 2 bridgehead atoms. The van der Waals surface area contributed by atoms with Crippen molar-refractivity contribution in [3.05, 3.63) is 18.0 Å². The fraction of sp³-hybridized carbons (Fsp3) is 0.667. The van der Waals surface area contributed by atoms with Crippen molar-refractivity contribution < 1.29 is 0 Å². The van der Waals surface area contributed by atoms with Crippen molar-refractivity contribution in [2.24, 2.45) is 0 Å². The molecule has 0 saturated carbocycles. The lowest BCUT2D eigenvalue weighted by atomic mass is 10.0. The average Bonchev–Trinajstić information content (AvgIpc) is 2.62. The maximum atomic E-state index is 4.30. The molecule has 4 heteroatoms. The largest absolute Gasteiger partial charge is 0.351 e. The Labute approximate surface area is 95.9 Å². The Morgan fingerprint density at radius 1 is 1.19 bits per heavy atom. The van der Waals surface area contributed by atoms with Crippen LogP contribution in [0, 0.1) is 6.92 Å². The number of nitrogens with zero attached hydrogens (tertiary/aromatic N) is 2. The molecule has 2 aliphatic rings. The van der Waals surface area contributed by atoms with Crippen LogP contribution in [0.1, 0.15) is 31.2 Å². The summed E-state index contributed by atoms with van der Waals surface area (Å²) in [5.41, 5.74) is 1.11. The normalized spacial score (nSPS) is 32.7. The number of nitrogens with one attached hydrogen (secondary N) is 2. The van der Waals surface area contributed by atoms with E-state index in [4.69, 9.17) is 0 Å². The smallest absolute Gasteiger partial charge is 0.222 e. The number of piperidine rings is 1. The number of fused-ring (bicyclic) bond motifs is 2. The predicted molar refractivity (Wildman–Crippen MR) is 63.4 cm³/mol. The second kappa shape index (κ2) is 4.01. The Hall–Kier alpha value is -1.16. The number of anilines is 1. The van der Waals surface area contributed by atoms with Gasteiger partial charge in [0.15, 0.2) is 0 Å². The van der Waals surface area contributed by atoms with Crippen LogP contribution in [0.15, 0.2) is 12.4 Å². The van der Waals surface area contributed by atoms with Gasteiger partial charge in [0, 0.05) is 30.5 Å². The standard InChI is InChI=1S/C12H18N4/c1-8-6-13-12(14-7-8)16-11-4-9-2-3-10(5-11)15-9/h6-7,9-11,15H,2-5H2,1H3,(H,13,14,16). The van der Waals surface area contributed by atoms with Crippen molar-refractivity contribution in [2.75, 3.05) is 5.32 Å². The fourth-order valence-corrected chi connectivity index (χ4v) is 2.82. The number of rotatable bonds is 2. The Morgan fingerprint density at radius 3 is 2.44 bits per heavy atom. The van der Waals surface area contributed by atoms with E-state index in [1.807, 2.05) is 19.3 Å². The zero-order chi connectivity index (χ0) is 11.0. The second-order valence-electron chi connectivity index (χ2n) is 5.03. The van der Waals surface area contributed by atoms with E-state index in [1.54, 1.807) is 0 Å². The van der Waals surface area contributed by atoms with Gasteiger partial charge in [-0.2, -0.15) is 0 Å². The van der Waals surface area contributed by atoms with Crippen molar-refractivity contribution in [3.63, 3.8) is 0 Å². The molecule has 2 fully saturated rings. The van der Waals surface area contributed by atoms with Crippen LogP contribution in [0.4, 0.5) is 5.95 Å². The topological polar surface area (TPSA) is 49.8 Å². The van der Waals surface area contributed by atoms with E-state index in [-0.39, 0.29) is 0 Å². The molecule has 0 aromatic carbocycles. The molecule has 0 spiro atoms. The van der Waals surface area contributed by atoms with E-state index in [0.29, 0.717) is 18.1 Å². The molecular formula is C12H18N4. The highest BCUT2D eigenvalue weighted by Gasteiger charge is 2.33. The molecule has 2 saturated heterocycles. The molecule has 2 unspecified atom stereocenters. The molecule has 2 atom stereocenters. The van der Waals surface area contributed by atoms with Crippen LogP contribution >= 0.6 is 0 Å². The van der Waals surface area contributed by atoms with E-state index < -0.39 is 0 Å². The van der Waals surface area contributed by atoms with Crippen molar-refractivity contribution in [1.82, 2.24) is 15.3 Å². The Bertz CT molecular complexity index is 350. The van der Waals surface area contributed by atoms with E-state index in [2.05, 4.69) is 20.6 Å². The quantitative estimate of drug-likeness (QED) is 0.789. The first kappa shape index (κ1) is 10.0. The van der Waals surface area contributed by atoms with Crippen LogP contribution in [-0.2, 0) is 0 Å². The van der Waals surface area contributed by atoms with Crippen LogP contribution in [0.25, 0.3) is 0 Å². The average molecular weight is 218 g/mol. The SMILES string of the molecule is Cc1cnc(NC2CC3CCC(C2)N3)nc1. The van der Waals surface area contributed by atoms with Crippen LogP contribution in [0.3, 0.4) is 0 Å². The molecule has 1 aromatic rings. The minimum Gasteiger partial charge on any atom is -0.351 e. The van der Waals surface area contributed by atoms with Gasteiger partial charge in [-0.3, -0.25) is 0 Å². The number of hydrogen-bond donors (Lipinski definition) is 2. The first-order chi connectivity index (χ1) is 7.79. The third-order valence-electron chi connectivity index (χ3n) is 3.59. The third kappa shape index (κ3) is 2.02. The Morgan fingerprint density at radius 2 is 1.81 bits per heavy atom. The molecular weight excluding hydrogens is 200 g/mol. The van der Waals surface area contributed by atoms with Gasteiger partial charge in [0.1, 0.15) is 0 Å². The van der Waals surface area contributed by atoms with E-state index in [1.165, 1.54) is 25.7 Å². The zero-order valence-electron chi connectivity index (χ0n) is 9.61. The second-order valence-corrected chi connectivity index (χ2v) is 5.03. The van der Waals surface area contributed by atoms with Crippen LogP contribution < -0.4 is 10.6 Å². The number of hydrogen-bond acceptors (Lipinski definition) is 4. The van der Waals surface area contributed by atoms with Gasteiger partial charge in [-0.15, -0.1) is 0 Å². The molecule has 3 rings (SSSR count). The molecule has 86 valence electrons. The third-order valence-corrected chi connectivity index (χ3v) is 3.59. The van der Waals surface area contributed by atoms with Gasteiger partial charge in [0.2, 0.25) is 5.95 Å². The van der Waals surface area contributed by atoms with Gasteiger partial charge in [-0.25, -0.2) is 9.97 Å². The highest BCUT2D eigenvalue weighted by atomic mass is 15.1. The summed E-state index contributed by atoms with van der Waals surface area (Å²) in [5, 5.41) is 7.08. The van der Waals surface area contributed by atoms with Crippen LogP contribution in [0.5, 0.6) is 0 Å². The molecule has 0 amide bonds. The van der Waals surface area contributed by atoms with Gasteiger partial charge in [-0.05, 0) is 38.2 Å². The summed E-state index contributed by atoms with van der Waals surface area (Å²) in [6, 6.07) is 1.96. The minimum absolute atomic E-state index is 0.543. The van der Waals surface area contributed by atoms with Crippen LogP contribution in [-0.4, -0.2) is 28.1 Å². The van der Waals surface area contributed by atoms with E-state index >= 15 is 0 Å². The first-order valence-corrected chi connectivity index (χ1v) is 6.11. The van der Waals surface area contributed by atoms with E-state index in [0.717, 1.165) is 11.5 Å². The summed E-state index contributed by atoms with van der Waals surface area (Å²) in [6.45, 7) is 2.01. The molecule has 16 heavy (non-hydrogen) atoms. The molecule has 3 heterocycles. The monoisotopic (exact) mass is 218 g/mol. The first-order valence-electron chi connectivity index (χ1n) is 6.11. The summed E-state index contributed by atoms with van der Waals surface area (Å²) >= 11 is 0. The maximum absolute atomic E-state index is 4.30. The van der Waals surface area contributed by atoms with Gasteiger partial charge in [0.25, 0.3) is 0 Å². The lowest BCUT2D eigenvalue weighted by molar-refractivity contribution is 0.377. The van der Waals surface area contributed by atoms with Crippen molar-refractivity contribution in [2.45, 2.75) is 50.7 Å². The Kier molecular flexibility index (Phi) is 2.52. The lowest BCUT2D eigenvalue weighted by Crippen LogP contribution is -2.43. The Balaban J connectivity index is 1.64. The molecule has 1 aromatic heterocycles. The molecule has 2 aliphatic heterocycles. The molecule has 0 aliphatic carbocycles. The summed E-state index contributed by atoms with van der Waals surface area (Å²) < 4.78 is 0. The van der Waals surface area contributed by atoms with Gasteiger partial charge in [0.05, 0.1) is 0 Å². The highest BCUT2D eigenvalue weighted by molar-refractivity contribution is 5.27. The van der Waals surface area contributed by atoms with Gasteiger partial charge < -0.3 is 10.6 Å². The van der Waals surface area contributed by atoms with E-state index in [9.17, 15) is 0 Å². The predicted octanol–water partition coefficient (Wildman–Crippen LogP) is 1.48. The summed E-state index contributed by atoms with van der Waals surface area (Å²) in [7, 11) is 0. The highest BCUT2D eigenvalue weighted by Crippen LogP contribution is 2.27. The maximum Gasteiger partial charge on any atom is 0.222 e. The van der Waals surface area contributed by atoms with Gasteiger partial charge in [-0.1, -0.05) is 0 Å². The minimum atomic E-state index is 0.543. The molecule has 2 N–H and O–H groups in total. The fourth-order valence-electron chi connectivity index (χ4n) is 2.82. The zero-order valence-corrected chi connectivity index (χ0v) is 9.61. The summed E-state index contributed by atoms with van der Waals surface area (Å²) in [6.07, 6.45) is 8.80. The number of aryl methyl sites for hydroxylation is 1. The molecule has 4 nitrogen and oxygen atoms in total. The van der Waals surface area contributed by atoms with Gasteiger partial charge >= 0.3 is 0 Å².